The topological polar surface area (TPSA) is 58.7 Å². The van der Waals surface area contributed by atoms with E-state index in [1.54, 1.807) is 19.2 Å². The molecule has 1 aliphatic rings. The second-order valence-corrected chi connectivity index (χ2v) is 6.43. The molecule has 0 aliphatic heterocycles. The third-order valence-electron chi connectivity index (χ3n) is 2.86. The molecule has 1 unspecified atom stereocenters. The summed E-state index contributed by atoms with van der Waals surface area (Å²) in [7, 11) is 1.01. The Morgan fingerprint density at radius 1 is 1.50 bits per heavy atom. The lowest BCUT2D eigenvalue weighted by atomic mass is 10.3. The first-order chi connectivity index (χ1) is 7.58. The fourth-order valence-corrected chi connectivity index (χ4v) is 3.68. The molecule has 2 N–H and O–H groups in total. The summed E-state index contributed by atoms with van der Waals surface area (Å²) in [4.78, 5) is 0.699. The lowest BCUT2D eigenvalue weighted by Gasteiger charge is -2.21. The maximum absolute atomic E-state index is 12.8. The molecule has 88 valence electrons. The fraction of sp³-hybridized carbons (Fsp3) is 0.455. The van der Waals surface area contributed by atoms with Crippen molar-refractivity contribution in [2.75, 3.05) is 19.8 Å². The first kappa shape index (κ1) is 11.4. The van der Waals surface area contributed by atoms with E-state index >= 15 is 0 Å². The van der Waals surface area contributed by atoms with Gasteiger partial charge in [0, 0.05) is 25.8 Å². The number of anilines is 1. The van der Waals surface area contributed by atoms with Gasteiger partial charge in [0.1, 0.15) is 9.92 Å². The van der Waals surface area contributed by atoms with Crippen LogP contribution in [0.2, 0.25) is 0 Å². The number of hydrogen-bond acceptors (Lipinski definition) is 3. The molecule has 0 heterocycles. The zero-order valence-electron chi connectivity index (χ0n) is 9.59. The van der Waals surface area contributed by atoms with Crippen LogP contribution in [0.3, 0.4) is 0 Å². The first-order valence-electron chi connectivity index (χ1n) is 5.32. The van der Waals surface area contributed by atoms with Crippen LogP contribution >= 0.6 is 0 Å². The number of benzene rings is 1. The van der Waals surface area contributed by atoms with Crippen molar-refractivity contribution in [1.29, 1.82) is 0 Å². The summed E-state index contributed by atoms with van der Waals surface area (Å²) in [5.41, 5.74) is 6.34. The minimum Gasteiger partial charge on any atom is -0.399 e. The van der Waals surface area contributed by atoms with Gasteiger partial charge in [-0.25, -0.2) is 12.9 Å². The SMILES string of the molecule is CN=S(=O)(c1cccc(N)c1)N(C)C1CC1. The Hall–Kier alpha value is -1.07. The van der Waals surface area contributed by atoms with Gasteiger partial charge < -0.3 is 5.73 Å². The van der Waals surface area contributed by atoms with Crippen LogP contribution in [0.4, 0.5) is 5.69 Å². The molecule has 1 fully saturated rings. The van der Waals surface area contributed by atoms with Crippen molar-refractivity contribution < 1.29 is 4.21 Å². The number of nitrogens with two attached hydrogens (primary N) is 1. The van der Waals surface area contributed by atoms with Gasteiger partial charge in [-0.3, -0.25) is 0 Å². The zero-order valence-corrected chi connectivity index (χ0v) is 10.4. The molecule has 0 bridgehead atoms. The van der Waals surface area contributed by atoms with E-state index < -0.39 is 9.92 Å². The highest BCUT2D eigenvalue weighted by molar-refractivity contribution is 7.91. The van der Waals surface area contributed by atoms with Crippen LogP contribution in [0.1, 0.15) is 12.8 Å². The largest absolute Gasteiger partial charge is 0.399 e. The molecular formula is C11H17N3OS. The minimum atomic E-state index is -2.47. The van der Waals surface area contributed by atoms with Crippen LogP contribution in [-0.4, -0.2) is 28.7 Å². The third kappa shape index (κ3) is 1.92. The Balaban J connectivity index is 2.46. The van der Waals surface area contributed by atoms with E-state index in [1.807, 2.05) is 23.5 Å². The summed E-state index contributed by atoms with van der Waals surface area (Å²) in [5, 5.41) is 0. The monoisotopic (exact) mass is 239 g/mol. The highest BCUT2D eigenvalue weighted by Crippen LogP contribution is 2.31. The van der Waals surface area contributed by atoms with Crippen LogP contribution in [-0.2, 0) is 9.92 Å². The van der Waals surface area contributed by atoms with Crippen molar-refractivity contribution in [2.45, 2.75) is 23.8 Å². The second-order valence-electron chi connectivity index (χ2n) is 4.03. The van der Waals surface area contributed by atoms with Crippen molar-refractivity contribution in [3.63, 3.8) is 0 Å². The number of rotatable bonds is 3. The second kappa shape index (κ2) is 4.07. The van der Waals surface area contributed by atoms with Crippen molar-refractivity contribution >= 4 is 15.6 Å². The molecule has 1 atom stereocenters. The van der Waals surface area contributed by atoms with Crippen LogP contribution in [0.5, 0.6) is 0 Å². The van der Waals surface area contributed by atoms with E-state index in [1.165, 1.54) is 0 Å². The smallest absolute Gasteiger partial charge is 0.139 e. The average Bonchev–Trinajstić information content (AvgIpc) is 3.11. The van der Waals surface area contributed by atoms with Gasteiger partial charge in [-0.05, 0) is 31.0 Å². The van der Waals surface area contributed by atoms with Gasteiger partial charge in [0.25, 0.3) is 0 Å². The van der Waals surface area contributed by atoms with E-state index in [-0.39, 0.29) is 0 Å². The van der Waals surface area contributed by atoms with Crippen LogP contribution < -0.4 is 5.73 Å². The molecule has 0 saturated heterocycles. The van der Waals surface area contributed by atoms with E-state index in [2.05, 4.69) is 4.36 Å². The number of nitrogens with zero attached hydrogens (tertiary/aromatic N) is 2. The molecule has 5 heteroatoms. The molecular weight excluding hydrogens is 222 g/mol. The normalized spacial score (nSPS) is 19.4. The summed E-state index contributed by atoms with van der Waals surface area (Å²) in [6.07, 6.45) is 2.21. The van der Waals surface area contributed by atoms with E-state index in [0.717, 1.165) is 12.8 Å². The molecule has 0 radical (unpaired) electrons. The van der Waals surface area contributed by atoms with Crippen molar-refractivity contribution in [3.8, 4) is 0 Å². The molecule has 2 rings (SSSR count). The fourth-order valence-electron chi connectivity index (χ4n) is 1.72. The molecule has 0 aromatic heterocycles. The number of hydrogen-bond donors (Lipinski definition) is 1. The summed E-state index contributed by atoms with van der Waals surface area (Å²) >= 11 is 0. The summed E-state index contributed by atoms with van der Waals surface area (Å²) < 4.78 is 18.8. The van der Waals surface area contributed by atoms with Crippen LogP contribution in [0.15, 0.2) is 33.5 Å². The van der Waals surface area contributed by atoms with Crippen LogP contribution in [0, 0.1) is 0 Å². The lowest BCUT2D eigenvalue weighted by Crippen LogP contribution is -2.28. The average molecular weight is 239 g/mol. The Morgan fingerprint density at radius 3 is 2.69 bits per heavy atom. The molecule has 16 heavy (non-hydrogen) atoms. The molecule has 1 aromatic carbocycles. The standard InChI is InChI=1S/C11H17N3OS/c1-13-16(15,14(2)10-6-7-10)11-5-3-4-9(12)8-11/h3-5,8,10H,6-7,12H2,1-2H3. The molecule has 0 spiro atoms. The van der Waals surface area contributed by atoms with Crippen LogP contribution in [0.25, 0.3) is 0 Å². The number of nitrogen functional groups attached to an aromatic ring is 1. The van der Waals surface area contributed by atoms with Gasteiger partial charge in [0.15, 0.2) is 0 Å². The van der Waals surface area contributed by atoms with E-state index in [0.29, 0.717) is 16.6 Å². The maximum Gasteiger partial charge on any atom is 0.139 e. The van der Waals surface area contributed by atoms with Crippen molar-refractivity contribution in [3.05, 3.63) is 24.3 Å². The Morgan fingerprint density at radius 2 is 2.19 bits per heavy atom. The van der Waals surface area contributed by atoms with Gasteiger partial charge >= 0.3 is 0 Å². The first-order valence-corrected chi connectivity index (χ1v) is 6.79. The van der Waals surface area contributed by atoms with Gasteiger partial charge in [0.2, 0.25) is 0 Å². The van der Waals surface area contributed by atoms with E-state index in [9.17, 15) is 4.21 Å². The molecule has 1 aliphatic carbocycles. The Kier molecular flexibility index (Phi) is 2.90. The molecule has 1 aromatic rings. The Labute approximate surface area is 96.8 Å². The van der Waals surface area contributed by atoms with Gasteiger partial charge in [0.05, 0.1) is 4.90 Å². The maximum atomic E-state index is 12.8. The summed E-state index contributed by atoms with van der Waals surface area (Å²) in [6.45, 7) is 0. The van der Waals surface area contributed by atoms with Gasteiger partial charge in [-0.2, -0.15) is 0 Å². The van der Waals surface area contributed by atoms with E-state index in [4.69, 9.17) is 5.73 Å². The third-order valence-corrected chi connectivity index (χ3v) is 5.31. The molecule has 0 amide bonds. The molecule has 1 saturated carbocycles. The highest BCUT2D eigenvalue weighted by atomic mass is 32.2. The highest BCUT2D eigenvalue weighted by Gasteiger charge is 2.33. The predicted molar refractivity (Wildman–Crippen MR) is 66.4 cm³/mol. The summed E-state index contributed by atoms with van der Waals surface area (Å²) in [5.74, 6) is 0. The predicted octanol–water partition coefficient (Wildman–Crippen LogP) is 1.73. The van der Waals surface area contributed by atoms with Gasteiger partial charge in [-0.15, -0.1) is 0 Å². The Bertz CT molecular complexity index is 502. The lowest BCUT2D eigenvalue weighted by molar-refractivity contribution is 0.507. The molecule has 4 nitrogen and oxygen atoms in total. The van der Waals surface area contributed by atoms with Crippen molar-refractivity contribution in [2.24, 2.45) is 4.36 Å². The zero-order chi connectivity index (χ0) is 11.8. The van der Waals surface area contributed by atoms with Gasteiger partial charge in [-0.1, -0.05) is 6.07 Å². The summed E-state index contributed by atoms with van der Waals surface area (Å²) in [6, 6.07) is 7.57. The minimum absolute atomic E-state index is 0.401. The van der Waals surface area contributed by atoms with Crippen molar-refractivity contribution in [1.82, 2.24) is 4.31 Å². The quantitative estimate of drug-likeness (QED) is 0.817.